The van der Waals surface area contributed by atoms with Crippen molar-refractivity contribution in [1.82, 2.24) is 15.0 Å². The lowest BCUT2D eigenvalue weighted by molar-refractivity contribution is 0.622. The molecule has 23 heavy (non-hydrogen) atoms. The highest BCUT2D eigenvalue weighted by Crippen LogP contribution is 2.23. The molecule has 108 valence electrons. The normalized spacial score (nSPS) is 9.87. The third kappa shape index (κ3) is 3.02. The van der Waals surface area contributed by atoms with Crippen LogP contribution in [0.2, 0.25) is 0 Å². The van der Waals surface area contributed by atoms with E-state index in [1.807, 2.05) is 12.1 Å². The average molecular weight is 301 g/mol. The molecule has 0 aliphatic heterocycles. The maximum atomic E-state index is 13.0. The van der Waals surface area contributed by atoms with Crippen molar-refractivity contribution in [2.75, 3.05) is 0 Å². The molecule has 6 heteroatoms. The van der Waals surface area contributed by atoms with Gasteiger partial charge in [0.25, 0.3) is 0 Å². The molecule has 5 nitrogen and oxygen atoms in total. The van der Waals surface area contributed by atoms with E-state index >= 15 is 0 Å². The summed E-state index contributed by atoms with van der Waals surface area (Å²) in [6, 6.07) is 13.3. The predicted molar refractivity (Wildman–Crippen MR) is 80.1 cm³/mol. The maximum absolute atomic E-state index is 13.0. The molecule has 3 aromatic rings. The van der Waals surface area contributed by atoms with Crippen LogP contribution in [0.25, 0.3) is 22.6 Å². The minimum absolute atomic E-state index is 0.374. The van der Waals surface area contributed by atoms with E-state index in [1.54, 1.807) is 18.2 Å². The number of nitriles is 2. The second-order valence-electron chi connectivity index (χ2n) is 4.67. The highest BCUT2D eigenvalue weighted by atomic mass is 19.1. The van der Waals surface area contributed by atoms with Crippen molar-refractivity contribution in [3.8, 4) is 34.8 Å². The Morgan fingerprint density at radius 3 is 2.09 bits per heavy atom. The van der Waals surface area contributed by atoms with E-state index in [1.165, 1.54) is 24.5 Å². The minimum Gasteiger partial charge on any atom is -0.252 e. The van der Waals surface area contributed by atoms with Crippen LogP contribution in [0.15, 0.2) is 48.9 Å². The molecule has 2 aromatic heterocycles. The first-order chi connectivity index (χ1) is 11.2. The lowest BCUT2D eigenvalue weighted by atomic mass is 10.0. The Morgan fingerprint density at radius 2 is 1.48 bits per heavy atom. The fourth-order valence-corrected chi connectivity index (χ4v) is 2.09. The van der Waals surface area contributed by atoms with Crippen LogP contribution in [0, 0.1) is 28.5 Å². The number of pyridine rings is 1. The van der Waals surface area contributed by atoms with Gasteiger partial charge >= 0.3 is 0 Å². The van der Waals surface area contributed by atoms with Gasteiger partial charge in [0.15, 0.2) is 0 Å². The zero-order chi connectivity index (χ0) is 16.2. The molecule has 0 aliphatic rings. The van der Waals surface area contributed by atoms with Crippen molar-refractivity contribution in [2.24, 2.45) is 0 Å². The third-order valence-corrected chi connectivity index (χ3v) is 3.14. The molecular weight excluding hydrogens is 293 g/mol. The van der Waals surface area contributed by atoms with Crippen LogP contribution in [0.5, 0.6) is 0 Å². The standard InChI is InChI=1S/C17H8FN5/c18-14-1-2-15(21-9-14)17-6-16(22-10-23-17)13-4-11(7-19)3-12(5-13)8-20/h1-6,9-10H. The number of rotatable bonds is 2. The van der Waals surface area contributed by atoms with E-state index in [4.69, 9.17) is 10.5 Å². The van der Waals surface area contributed by atoms with Crippen molar-refractivity contribution >= 4 is 0 Å². The molecule has 0 saturated heterocycles. The molecule has 0 atom stereocenters. The number of hydrogen-bond acceptors (Lipinski definition) is 5. The fourth-order valence-electron chi connectivity index (χ4n) is 2.09. The van der Waals surface area contributed by atoms with Crippen LogP contribution in [0.1, 0.15) is 11.1 Å². The largest absolute Gasteiger partial charge is 0.252 e. The number of aromatic nitrogens is 3. The smallest absolute Gasteiger partial charge is 0.141 e. The number of benzene rings is 1. The Hall–Kier alpha value is -3.64. The van der Waals surface area contributed by atoms with E-state index in [9.17, 15) is 4.39 Å². The van der Waals surface area contributed by atoms with Gasteiger partial charge in [-0.25, -0.2) is 14.4 Å². The second kappa shape index (κ2) is 6.00. The first-order valence-corrected chi connectivity index (χ1v) is 6.59. The van der Waals surface area contributed by atoms with Crippen LogP contribution in [0.4, 0.5) is 4.39 Å². The Labute approximate surface area is 131 Å². The van der Waals surface area contributed by atoms with Crippen LogP contribution in [-0.2, 0) is 0 Å². The molecule has 0 fully saturated rings. The maximum Gasteiger partial charge on any atom is 0.141 e. The predicted octanol–water partition coefficient (Wildman–Crippen LogP) is 3.09. The van der Waals surface area contributed by atoms with Gasteiger partial charge in [-0.15, -0.1) is 0 Å². The highest BCUT2D eigenvalue weighted by Gasteiger charge is 2.08. The van der Waals surface area contributed by atoms with Crippen LogP contribution < -0.4 is 0 Å². The van der Waals surface area contributed by atoms with Gasteiger partial charge in [-0.2, -0.15) is 10.5 Å². The zero-order valence-electron chi connectivity index (χ0n) is 11.7. The summed E-state index contributed by atoms with van der Waals surface area (Å²) in [7, 11) is 0. The van der Waals surface area contributed by atoms with Gasteiger partial charge in [-0.3, -0.25) is 4.98 Å². The van der Waals surface area contributed by atoms with Gasteiger partial charge in [0.1, 0.15) is 12.1 Å². The summed E-state index contributed by atoms with van der Waals surface area (Å²) in [4.78, 5) is 12.3. The molecule has 0 saturated carbocycles. The lowest BCUT2D eigenvalue weighted by Crippen LogP contribution is -1.93. The molecule has 0 spiro atoms. The molecule has 0 radical (unpaired) electrons. The topological polar surface area (TPSA) is 86.2 Å². The third-order valence-electron chi connectivity index (χ3n) is 3.14. The lowest BCUT2D eigenvalue weighted by Gasteiger charge is -2.05. The van der Waals surface area contributed by atoms with E-state index in [2.05, 4.69) is 15.0 Å². The summed E-state index contributed by atoms with van der Waals surface area (Å²) in [5.74, 6) is -0.427. The molecule has 0 unspecified atom stereocenters. The molecule has 3 rings (SSSR count). The summed E-state index contributed by atoms with van der Waals surface area (Å²) in [5, 5.41) is 18.1. The van der Waals surface area contributed by atoms with Gasteiger partial charge in [0, 0.05) is 5.56 Å². The molecule has 0 aliphatic carbocycles. The first-order valence-electron chi connectivity index (χ1n) is 6.59. The van der Waals surface area contributed by atoms with Crippen LogP contribution >= 0.6 is 0 Å². The van der Waals surface area contributed by atoms with Crippen LogP contribution in [-0.4, -0.2) is 15.0 Å². The summed E-state index contributed by atoms with van der Waals surface area (Å²) in [6.45, 7) is 0. The first kappa shape index (κ1) is 14.3. The van der Waals surface area contributed by atoms with Crippen molar-refractivity contribution in [1.29, 1.82) is 10.5 Å². The molecule has 2 heterocycles. The van der Waals surface area contributed by atoms with Crippen molar-refractivity contribution < 1.29 is 4.39 Å². The van der Waals surface area contributed by atoms with Crippen molar-refractivity contribution in [3.05, 3.63) is 65.9 Å². The van der Waals surface area contributed by atoms with E-state index in [0.29, 0.717) is 33.8 Å². The molecule has 0 bridgehead atoms. The Kier molecular flexibility index (Phi) is 3.73. The van der Waals surface area contributed by atoms with Gasteiger partial charge < -0.3 is 0 Å². The van der Waals surface area contributed by atoms with E-state index in [-0.39, 0.29) is 0 Å². The van der Waals surface area contributed by atoms with Crippen LogP contribution in [0.3, 0.4) is 0 Å². The van der Waals surface area contributed by atoms with Gasteiger partial charge in [-0.05, 0) is 36.4 Å². The van der Waals surface area contributed by atoms with E-state index in [0.717, 1.165) is 6.20 Å². The van der Waals surface area contributed by atoms with Gasteiger partial charge in [-0.1, -0.05) is 0 Å². The SMILES string of the molecule is N#Cc1cc(C#N)cc(-c2cc(-c3ccc(F)cn3)ncn2)c1. The Morgan fingerprint density at radius 1 is 0.783 bits per heavy atom. The summed E-state index contributed by atoms with van der Waals surface area (Å²) >= 11 is 0. The quantitative estimate of drug-likeness (QED) is 0.726. The Balaban J connectivity index is 2.09. The fraction of sp³-hybridized carbons (Fsp3) is 0. The van der Waals surface area contributed by atoms with Crippen molar-refractivity contribution in [3.63, 3.8) is 0 Å². The van der Waals surface area contributed by atoms with E-state index < -0.39 is 5.82 Å². The monoisotopic (exact) mass is 301 g/mol. The highest BCUT2D eigenvalue weighted by molar-refractivity contribution is 5.68. The number of hydrogen-bond donors (Lipinski definition) is 0. The second-order valence-corrected chi connectivity index (χ2v) is 4.67. The molecule has 0 N–H and O–H groups in total. The van der Waals surface area contributed by atoms with Crippen molar-refractivity contribution in [2.45, 2.75) is 0 Å². The zero-order valence-corrected chi connectivity index (χ0v) is 11.7. The van der Waals surface area contributed by atoms with Gasteiger partial charge in [0.05, 0.1) is 46.5 Å². The molecular formula is C17H8FN5. The summed E-state index contributed by atoms with van der Waals surface area (Å²) in [6.07, 6.45) is 2.47. The summed E-state index contributed by atoms with van der Waals surface area (Å²) in [5.41, 5.74) is 2.96. The minimum atomic E-state index is -0.427. The Bertz CT molecular complexity index is 920. The summed E-state index contributed by atoms with van der Waals surface area (Å²) < 4.78 is 13.0. The number of halogens is 1. The van der Waals surface area contributed by atoms with Gasteiger partial charge in [0.2, 0.25) is 0 Å². The average Bonchev–Trinajstić information content (AvgIpc) is 2.62. The number of nitrogens with zero attached hydrogens (tertiary/aromatic N) is 5. The molecule has 0 amide bonds. The molecule has 1 aromatic carbocycles.